The smallest absolute Gasteiger partial charge is 0.399 e. The Morgan fingerprint density at radius 2 is 1.67 bits per heavy atom. The molecule has 1 aromatic rings. The first kappa shape index (κ1) is 15.7. The Bertz CT molecular complexity index is 558. The van der Waals surface area contributed by atoms with Crippen LogP contribution in [0.3, 0.4) is 0 Å². The third kappa shape index (κ3) is 3.01. The first-order valence-corrected chi connectivity index (χ1v) is 7.02. The van der Waals surface area contributed by atoms with Crippen LogP contribution in [0.2, 0.25) is 0 Å². The van der Waals surface area contributed by atoms with Crippen LogP contribution in [0.5, 0.6) is 0 Å². The fourth-order valence-corrected chi connectivity index (χ4v) is 2.01. The van der Waals surface area contributed by atoms with Crippen molar-refractivity contribution in [2.45, 2.75) is 45.8 Å². The third-order valence-corrected chi connectivity index (χ3v) is 4.10. The van der Waals surface area contributed by atoms with Crippen molar-refractivity contribution >= 4 is 12.8 Å². The van der Waals surface area contributed by atoms with Gasteiger partial charge in [0.15, 0.2) is 0 Å². The van der Waals surface area contributed by atoms with Crippen LogP contribution in [-0.4, -0.2) is 33.1 Å². The highest BCUT2D eigenvalue weighted by atomic mass is 16.7. The average molecular weight is 287 g/mol. The Morgan fingerprint density at radius 1 is 1.14 bits per heavy atom. The second kappa shape index (κ2) is 5.62. The van der Waals surface area contributed by atoms with Gasteiger partial charge >= 0.3 is 7.12 Å². The minimum atomic E-state index is -0.397. The van der Waals surface area contributed by atoms with Crippen molar-refractivity contribution in [2.75, 3.05) is 0 Å². The van der Waals surface area contributed by atoms with E-state index in [0.717, 1.165) is 11.2 Å². The molecule has 0 saturated carbocycles. The van der Waals surface area contributed by atoms with Gasteiger partial charge in [-0.25, -0.2) is 0 Å². The predicted octanol–water partition coefficient (Wildman–Crippen LogP) is 2.88. The van der Waals surface area contributed by atoms with E-state index in [9.17, 15) is 0 Å². The molecule has 0 spiro atoms. The molecule has 1 fully saturated rings. The van der Waals surface area contributed by atoms with Crippen LogP contribution < -0.4 is 0 Å². The van der Waals surface area contributed by atoms with E-state index < -0.39 is 7.12 Å². The monoisotopic (exact) mass is 287 g/mol. The largest absolute Gasteiger partial charge is 0.494 e. The lowest BCUT2D eigenvalue weighted by molar-refractivity contribution is 0.00578. The van der Waals surface area contributed by atoms with Gasteiger partial charge < -0.3 is 9.31 Å². The summed E-state index contributed by atoms with van der Waals surface area (Å²) >= 11 is 0. The van der Waals surface area contributed by atoms with Crippen molar-refractivity contribution in [3.8, 4) is 0 Å². The summed E-state index contributed by atoms with van der Waals surface area (Å²) in [4.78, 5) is 0. The lowest BCUT2D eigenvalue weighted by Crippen LogP contribution is -2.41. The van der Waals surface area contributed by atoms with Crippen molar-refractivity contribution in [3.05, 3.63) is 42.9 Å². The Morgan fingerprint density at radius 3 is 2.10 bits per heavy atom. The maximum atomic E-state index is 6.07. The zero-order valence-electron chi connectivity index (χ0n) is 13.3. The van der Waals surface area contributed by atoms with Crippen LogP contribution in [0.15, 0.2) is 42.9 Å². The van der Waals surface area contributed by atoms with E-state index in [1.807, 2.05) is 46.8 Å². The molecule has 1 saturated heterocycles. The van der Waals surface area contributed by atoms with Crippen LogP contribution in [0, 0.1) is 0 Å². The second-order valence-electron chi connectivity index (χ2n) is 6.02. The molecule has 2 heterocycles. The predicted molar refractivity (Wildman–Crippen MR) is 84.3 cm³/mol. The van der Waals surface area contributed by atoms with Gasteiger partial charge in [0.2, 0.25) is 0 Å². The molecule has 1 aromatic heterocycles. The quantitative estimate of drug-likeness (QED) is 0.631. The molecule has 0 amide bonds. The maximum absolute atomic E-state index is 6.07. The van der Waals surface area contributed by atoms with E-state index in [2.05, 4.69) is 16.8 Å². The summed E-state index contributed by atoms with van der Waals surface area (Å²) in [7, 11) is -0.397. The van der Waals surface area contributed by atoms with E-state index in [-0.39, 0.29) is 11.2 Å². The second-order valence-corrected chi connectivity index (χ2v) is 6.02. The highest BCUT2D eigenvalue weighted by Gasteiger charge is 2.51. The minimum Gasteiger partial charge on any atom is -0.399 e. The standard InChI is InChI=1S/C15H22BN3O2/c1-7-12(9-13(8-2)19-10-17-18-11-19)16-20-14(3,4)15(5,6)21-16/h7-11H,2H2,1,3-6H3/b12-7+,13-9+. The molecule has 0 atom stereocenters. The van der Waals surface area contributed by atoms with Gasteiger partial charge in [0.1, 0.15) is 12.7 Å². The van der Waals surface area contributed by atoms with Crippen molar-refractivity contribution in [2.24, 2.45) is 0 Å². The van der Waals surface area contributed by atoms with Gasteiger partial charge in [-0.2, -0.15) is 0 Å². The highest BCUT2D eigenvalue weighted by molar-refractivity contribution is 6.55. The number of nitrogens with zero attached hydrogens (tertiary/aromatic N) is 3. The summed E-state index contributed by atoms with van der Waals surface area (Å²) in [5.41, 5.74) is 1.09. The number of rotatable bonds is 4. The number of hydrogen-bond acceptors (Lipinski definition) is 4. The molecule has 0 radical (unpaired) electrons. The fourth-order valence-electron chi connectivity index (χ4n) is 2.01. The molecule has 2 rings (SSSR count). The third-order valence-electron chi connectivity index (χ3n) is 4.10. The minimum absolute atomic E-state index is 0.356. The van der Waals surface area contributed by atoms with Crippen LogP contribution in [0.4, 0.5) is 0 Å². The Balaban J connectivity index is 2.28. The van der Waals surface area contributed by atoms with E-state index in [1.165, 1.54) is 0 Å². The molecule has 112 valence electrons. The van der Waals surface area contributed by atoms with Gasteiger partial charge in [-0.05, 0) is 52.2 Å². The lowest BCUT2D eigenvalue weighted by atomic mass is 9.77. The fraction of sp³-hybridized carbons (Fsp3) is 0.467. The molecular formula is C15H22BN3O2. The van der Waals surface area contributed by atoms with Crippen LogP contribution in [0.25, 0.3) is 5.70 Å². The molecule has 1 aliphatic rings. The Hall–Kier alpha value is -1.66. The van der Waals surface area contributed by atoms with Crippen molar-refractivity contribution < 1.29 is 9.31 Å². The van der Waals surface area contributed by atoms with Gasteiger partial charge in [-0.15, -0.1) is 10.2 Å². The summed E-state index contributed by atoms with van der Waals surface area (Å²) in [6.45, 7) is 14.0. The number of hydrogen-bond donors (Lipinski definition) is 0. The Labute approximate surface area is 126 Å². The topological polar surface area (TPSA) is 49.2 Å². The zero-order chi connectivity index (χ0) is 15.7. The molecule has 6 heteroatoms. The summed E-state index contributed by atoms with van der Waals surface area (Å²) < 4.78 is 13.9. The molecule has 21 heavy (non-hydrogen) atoms. The molecule has 1 aliphatic heterocycles. The van der Waals surface area contributed by atoms with Crippen LogP contribution in [-0.2, 0) is 9.31 Å². The average Bonchev–Trinajstić information content (AvgIpc) is 2.98. The summed E-state index contributed by atoms with van der Waals surface area (Å²) in [5, 5.41) is 7.62. The lowest BCUT2D eigenvalue weighted by Gasteiger charge is -2.32. The number of aromatic nitrogens is 3. The van der Waals surface area contributed by atoms with Gasteiger partial charge in [0.25, 0.3) is 0 Å². The molecular weight excluding hydrogens is 265 g/mol. The van der Waals surface area contributed by atoms with Gasteiger partial charge in [-0.1, -0.05) is 12.7 Å². The van der Waals surface area contributed by atoms with Crippen LogP contribution >= 0.6 is 0 Å². The normalized spacial score (nSPS) is 21.7. The van der Waals surface area contributed by atoms with Gasteiger partial charge in [0.05, 0.1) is 11.2 Å². The first-order valence-electron chi connectivity index (χ1n) is 7.02. The van der Waals surface area contributed by atoms with E-state index in [1.54, 1.807) is 23.3 Å². The van der Waals surface area contributed by atoms with Crippen LogP contribution in [0.1, 0.15) is 34.6 Å². The SMILES string of the molecule is C=C/C(=C\C(=C/C)B1OC(C)(C)C(C)(C)O1)n1cnnc1. The van der Waals surface area contributed by atoms with Crippen molar-refractivity contribution in [3.63, 3.8) is 0 Å². The number of allylic oxidation sites excluding steroid dienone is 5. The van der Waals surface area contributed by atoms with E-state index >= 15 is 0 Å². The summed E-state index contributed by atoms with van der Waals surface area (Å²) in [5.74, 6) is 0. The first-order chi connectivity index (χ1) is 9.80. The summed E-state index contributed by atoms with van der Waals surface area (Å²) in [6.07, 6.45) is 8.96. The summed E-state index contributed by atoms with van der Waals surface area (Å²) in [6, 6.07) is 0. The molecule has 0 N–H and O–H groups in total. The molecule has 0 bridgehead atoms. The molecule has 0 aromatic carbocycles. The van der Waals surface area contributed by atoms with Gasteiger partial charge in [0, 0.05) is 5.70 Å². The van der Waals surface area contributed by atoms with Crippen molar-refractivity contribution in [1.29, 1.82) is 0 Å². The molecule has 0 aliphatic carbocycles. The zero-order valence-corrected chi connectivity index (χ0v) is 13.3. The van der Waals surface area contributed by atoms with E-state index in [4.69, 9.17) is 9.31 Å². The van der Waals surface area contributed by atoms with E-state index in [0.29, 0.717) is 0 Å². The maximum Gasteiger partial charge on any atom is 0.494 e. The van der Waals surface area contributed by atoms with Gasteiger partial charge in [-0.3, -0.25) is 4.57 Å². The Kier molecular flexibility index (Phi) is 4.21. The molecule has 5 nitrogen and oxygen atoms in total. The highest BCUT2D eigenvalue weighted by Crippen LogP contribution is 2.38. The van der Waals surface area contributed by atoms with Crippen molar-refractivity contribution in [1.82, 2.24) is 14.8 Å². The molecule has 0 unspecified atom stereocenters.